The maximum absolute atomic E-state index is 12.6. The molecule has 0 saturated heterocycles. The number of carbonyl (C=O) groups is 1. The van der Waals surface area contributed by atoms with E-state index >= 15 is 0 Å². The van der Waals surface area contributed by atoms with Gasteiger partial charge in [-0.3, -0.25) is 4.79 Å². The van der Waals surface area contributed by atoms with E-state index in [2.05, 4.69) is 15.3 Å². The Kier molecular flexibility index (Phi) is 5.17. The third kappa shape index (κ3) is 3.75. The molecule has 0 unspecified atom stereocenters. The number of rotatable bonds is 6. The second-order valence-corrected chi connectivity index (χ2v) is 8.39. The van der Waals surface area contributed by atoms with E-state index in [1.165, 1.54) is 19.3 Å². The first kappa shape index (κ1) is 20.3. The van der Waals surface area contributed by atoms with Crippen LogP contribution in [0.1, 0.15) is 48.6 Å². The van der Waals surface area contributed by atoms with Gasteiger partial charge in [-0.1, -0.05) is 6.42 Å². The molecule has 4 aromatic rings. The number of imidazole rings is 1. The van der Waals surface area contributed by atoms with Crippen LogP contribution in [0.2, 0.25) is 0 Å². The lowest BCUT2D eigenvalue weighted by Crippen LogP contribution is -2.16. The normalized spacial score (nSPS) is 13.9. The van der Waals surface area contributed by atoms with E-state index in [0.717, 1.165) is 27.8 Å². The van der Waals surface area contributed by atoms with Gasteiger partial charge < -0.3 is 19.5 Å². The first-order valence-electron chi connectivity index (χ1n) is 10.9. The van der Waals surface area contributed by atoms with Crippen molar-refractivity contribution in [2.45, 2.75) is 44.9 Å². The summed E-state index contributed by atoms with van der Waals surface area (Å²) in [5.41, 5.74) is 3.95. The number of fused-ring (bicyclic) bond motifs is 2. The third-order valence-electron chi connectivity index (χ3n) is 6.37. The van der Waals surface area contributed by atoms with E-state index in [1.807, 2.05) is 37.3 Å². The van der Waals surface area contributed by atoms with Crippen molar-refractivity contribution in [2.24, 2.45) is 0 Å². The van der Waals surface area contributed by atoms with Gasteiger partial charge in [0.15, 0.2) is 0 Å². The number of aromatic amines is 1. The molecule has 1 fully saturated rings. The highest BCUT2D eigenvalue weighted by Gasteiger charge is 2.22. The number of anilines is 1. The lowest BCUT2D eigenvalue weighted by molar-refractivity contribution is -0.116. The number of nitrogens with zero attached hydrogens (tertiary/aromatic N) is 1. The van der Waals surface area contributed by atoms with Crippen LogP contribution >= 0.6 is 0 Å². The van der Waals surface area contributed by atoms with Crippen molar-refractivity contribution in [3.05, 3.63) is 63.8 Å². The molecule has 0 aliphatic heterocycles. The monoisotopic (exact) mass is 431 g/mol. The highest BCUT2D eigenvalue weighted by Crippen LogP contribution is 2.35. The number of ether oxygens (including phenoxy) is 1. The Morgan fingerprint density at radius 1 is 1.25 bits per heavy atom. The molecule has 0 spiro atoms. The number of hydrogen-bond donors (Lipinski definition) is 2. The number of H-pyrrole nitrogens is 1. The van der Waals surface area contributed by atoms with E-state index in [0.29, 0.717) is 34.9 Å². The van der Waals surface area contributed by atoms with Crippen LogP contribution < -0.4 is 15.7 Å². The van der Waals surface area contributed by atoms with Crippen LogP contribution in [0.25, 0.3) is 22.0 Å². The van der Waals surface area contributed by atoms with Crippen molar-refractivity contribution in [1.82, 2.24) is 9.97 Å². The summed E-state index contributed by atoms with van der Waals surface area (Å²) in [5, 5.41) is 3.77. The number of amides is 1. The minimum Gasteiger partial charge on any atom is -0.497 e. The lowest BCUT2D eigenvalue weighted by Gasteiger charge is -2.22. The Bertz CT molecular complexity index is 1380. The van der Waals surface area contributed by atoms with Gasteiger partial charge in [0.25, 0.3) is 0 Å². The molecule has 1 aliphatic rings. The molecular formula is C25H25N3O4. The molecule has 1 saturated carbocycles. The number of nitrogens with one attached hydrogen (secondary N) is 2. The van der Waals surface area contributed by atoms with Crippen molar-refractivity contribution in [3.8, 4) is 5.75 Å². The minimum atomic E-state index is -0.418. The maximum atomic E-state index is 12.6. The Hall–Kier alpha value is -3.61. The highest BCUT2D eigenvalue weighted by molar-refractivity contribution is 5.93. The number of hydrogen-bond acceptors (Lipinski definition) is 5. The zero-order valence-corrected chi connectivity index (χ0v) is 18.2. The molecule has 0 atom stereocenters. The van der Waals surface area contributed by atoms with Crippen LogP contribution in [0.4, 0.5) is 5.69 Å². The number of aromatic nitrogens is 2. The summed E-state index contributed by atoms with van der Waals surface area (Å²) < 4.78 is 10.7. The summed E-state index contributed by atoms with van der Waals surface area (Å²) in [6.07, 6.45) is 4.10. The zero-order valence-electron chi connectivity index (χ0n) is 18.2. The molecule has 32 heavy (non-hydrogen) atoms. The summed E-state index contributed by atoms with van der Waals surface area (Å²) in [5.74, 6) is 2.03. The van der Waals surface area contributed by atoms with Gasteiger partial charge in [0.05, 0.1) is 18.1 Å². The van der Waals surface area contributed by atoms with E-state index in [4.69, 9.17) is 9.15 Å². The van der Waals surface area contributed by atoms with Gasteiger partial charge in [-0.05, 0) is 62.1 Å². The predicted octanol–water partition coefficient (Wildman–Crippen LogP) is 4.83. The van der Waals surface area contributed by atoms with E-state index in [1.54, 1.807) is 13.2 Å². The summed E-state index contributed by atoms with van der Waals surface area (Å²) in [6, 6.07) is 11.1. The Morgan fingerprint density at radius 2 is 2.09 bits per heavy atom. The quantitative estimate of drug-likeness (QED) is 0.427. The van der Waals surface area contributed by atoms with Crippen LogP contribution in [0, 0.1) is 6.92 Å². The van der Waals surface area contributed by atoms with Crippen LogP contribution in [0.5, 0.6) is 5.75 Å². The lowest BCUT2D eigenvalue weighted by atomic mass is 9.85. The van der Waals surface area contributed by atoms with Crippen LogP contribution in [-0.4, -0.2) is 23.0 Å². The molecule has 7 nitrogen and oxygen atoms in total. The predicted molar refractivity (Wildman–Crippen MR) is 123 cm³/mol. The van der Waals surface area contributed by atoms with Crippen molar-refractivity contribution < 1.29 is 13.9 Å². The number of carbonyl (C=O) groups excluding carboxylic acids is 1. The van der Waals surface area contributed by atoms with Gasteiger partial charge in [-0.15, -0.1) is 0 Å². The Morgan fingerprint density at radius 3 is 2.84 bits per heavy atom. The average molecular weight is 431 g/mol. The second-order valence-electron chi connectivity index (χ2n) is 8.39. The van der Waals surface area contributed by atoms with E-state index in [9.17, 15) is 9.59 Å². The molecule has 2 aromatic heterocycles. The van der Waals surface area contributed by atoms with Gasteiger partial charge >= 0.3 is 5.63 Å². The number of methoxy groups -OCH3 is 1. The fourth-order valence-corrected chi connectivity index (χ4v) is 4.23. The molecule has 2 N–H and O–H groups in total. The van der Waals surface area contributed by atoms with E-state index < -0.39 is 5.63 Å². The summed E-state index contributed by atoms with van der Waals surface area (Å²) in [6.45, 7) is 1.88. The molecule has 164 valence electrons. The number of benzene rings is 2. The average Bonchev–Trinajstić information content (AvgIpc) is 3.14. The Balaban J connectivity index is 1.29. The van der Waals surface area contributed by atoms with Crippen LogP contribution in [0.3, 0.4) is 0 Å². The van der Waals surface area contributed by atoms with Gasteiger partial charge in [-0.25, -0.2) is 9.78 Å². The van der Waals surface area contributed by atoms with Crippen molar-refractivity contribution in [3.63, 3.8) is 0 Å². The maximum Gasteiger partial charge on any atom is 0.339 e. The topological polar surface area (TPSA) is 97.2 Å². The molecule has 2 aromatic carbocycles. The van der Waals surface area contributed by atoms with Gasteiger partial charge in [0.2, 0.25) is 5.91 Å². The van der Waals surface area contributed by atoms with E-state index in [-0.39, 0.29) is 12.3 Å². The molecular weight excluding hydrogens is 406 g/mol. The smallest absolute Gasteiger partial charge is 0.339 e. The summed E-state index contributed by atoms with van der Waals surface area (Å²) >= 11 is 0. The largest absolute Gasteiger partial charge is 0.497 e. The molecule has 1 aliphatic carbocycles. The molecule has 5 rings (SSSR count). The SMILES string of the molecule is COc1ccc2c(C)c(CCC(=O)Nc3ccc4nc(C5CCC5)[nH]c4c3)c(=O)oc2c1. The van der Waals surface area contributed by atoms with Gasteiger partial charge in [-0.2, -0.15) is 0 Å². The first-order valence-corrected chi connectivity index (χ1v) is 10.9. The molecule has 1 amide bonds. The fourth-order valence-electron chi connectivity index (χ4n) is 4.23. The minimum absolute atomic E-state index is 0.156. The number of aryl methyl sites for hydroxylation is 1. The summed E-state index contributed by atoms with van der Waals surface area (Å²) in [4.78, 5) is 33.1. The fraction of sp³-hybridized carbons (Fsp3) is 0.320. The molecule has 0 bridgehead atoms. The second kappa shape index (κ2) is 8.15. The zero-order chi connectivity index (χ0) is 22.2. The van der Waals surface area contributed by atoms with Crippen molar-refractivity contribution >= 4 is 33.6 Å². The molecule has 2 heterocycles. The Labute approximate surface area is 184 Å². The molecule has 7 heteroatoms. The third-order valence-corrected chi connectivity index (χ3v) is 6.37. The highest BCUT2D eigenvalue weighted by atomic mass is 16.5. The van der Waals surface area contributed by atoms with Gasteiger partial charge in [0.1, 0.15) is 17.2 Å². The molecule has 0 radical (unpaired) electrons. The van der Waals surface area contributed by atoms with Gasteiger partial charge in [0, 0.05) is 35.0 Å². The first-order chi connectivity index (χ1) is 15.5. The summed E-state index contributed by atoms with van der Waals surface area (Å²) in [7, 11) is 1.57. The van der Waals surface area contributed by atoms with Crippen molar-refractivity contribution in [1.29, 1.82) is 0 Å². The standard InChI is InChI=1S/C25H25N3O4/c1-14-18-8-7-17(31-2)13-22(18)32-25(30)19(14)9-11-23(29)26-16-6-10-20-21(12-16)28-24(27-20)15-4-3-5-15/h6-8,10,12-13,15H,3-5,9,11H2,1-2H3,(H,26,29)(H,27,28). The van der Waals surface area contributed by atoms with Crippen LogP contribution in [-0.2, 0) is 11.2 Å². The van der Waals surface area contributed by atoms with Crippen LogP contribution in [0.15, 0.2) is 45.6 Å². The van der Waals surface area contributed by atoms with Crippen molar-refractivity contribution in [2.75, 3.05) is 12.4 Å².